The van der Waals surface area contributed by atoms with Crippen LogP contribution in [0.25, 0.3) is 10.2 Å². The van der Waals surface area contributed by atoms with E-state index in [2.05, 4.69) is 10.1 Å². The summed E-state index contributed by atoms with van der Waals surface area (Å²) in [7, 11) is 1.33. The first-order chi connectivity index (χ1) is 12.0. The van der Waals surface area contributed by atoms with Gasteiger partial charge < -0.3 is 9.30 Å². The van der Waals surface area contributed by atoms with E-state index in [1.54, 1.807) is 21.5 Å². The fraction of sp³-hybridized carbons (Fsp3) is 0.294. The Labute approximate surface area is 148 Å². The van der Waals surface area contributed by atoms with Gasteiger partial charge in [-0.3, -0.25) is 14.3 Å². The van der Waals surface area contributed by atoms with Gasteiger partial charge in [0.05, 0.1) is 17.3 Å². The number of nitrogens with zero attached hydrogens (tertiary/aromatic N) is 4. The Morgan fingerprint density at radius 3 is 2.72 bits per heavy atom. The van der Waals surface area contributed by atoms with Gasteiger partial charge in [0, 0.05) is 12.2 Å². The van der Waals surface area contributed by atoms with Gasteiger partial charge in [-0.05, 0) is 32.0 Å². The zero-order valence-corrected chi connectivity index (χ0v) is 15.0. The molecule has 0 radical (unpaired) electrons. The number of ether oxygens (including phenoxy) is 1. The van der Waals surface area contributed by atoms with Crippen LogP contribution < -0.4 is 4.80 Å². The maximum Gasteiger partial charge on any atom is 0.325 e. The monoisotopic (exact) mass is 358 g/mol. The molecule has 2 aromatic heterocycles. The third kappa shape index (κ3) is 3.53. The van der Waals surface area contributed by atoms with Gasteiger partial charge in [0.15, 0.2) is 10.5 Å². The molecule has 0 aliphatic heterocycles. The fourth-order valence-corrected chi connectivity index (χ4v) is 3.36. The van der Waals surface area contributed by atoms with Gasteiger partial charge in [0.1, 0.15) is 6.54 Å². The standard InChI is InChI=1S/C17H18N4O3S/c1-11(2)21-9-8-12(19-21)16(23)18-17-20(10-15(22)24-3)13-6-4-5-7-14(13)25-17/h4-9,11H,10H2,1-3H3. The smallest absolute Gasteiger partial charge is 0.325 e. The Kier molecular flexibility index (Phi) is 4.80. The molecule has 0 unspecified atom stereocenters. The summed E-state index contributed by atoms with van der Waals surface area (Å²) in [5, 5.41) is 4.24. The first-order valence-corrected chi connectivity index (χ1v) is 8.60. The Balaban J connectivity index is 2.06. The number of hydrogen-bond acceptors (Lipinski definition) is 5. The van der Waals surface area contributed by atoms with Crippen LogP contribution in [-0.4, -0.2) is 33.3 Å². The van der Waals surface area contributed by atoms with Crippen LogP contribution in [0, 0.1) is 0 Å². The van der Waals surface area contributed by atoms with Crippen molar-refractivity contribution in [2.45, 2.75) is 26.4 Å². The van der Waals surface area contributed by atoms with Crippen LogP contribution in [-0.2, 0) is 16.1 Å². The topological polar surface area (TPSA) is 78.5 Å². The van der Waals surface area contributed by atoms with E-state index in [0.29, 0.717) is 4.80 Å². The number of hydrogen-bond donors (Lipinski definition) is 0. The minimum atomic E-state index is -0.440. The highest BCUT2D eigenvalue weighted by Gasteiger charge is 2.14. The summed E-state index contributed by atoms with van der Waals surface area (Å²) in [6.45, 7) is 3.95. The summed E-state index contributed by atoms with van der Waals surface area (Å²) < 4.78 is 9.07. The minimum absolute atomic E-state index is 0.00688. The number of carbonyl (C=O) groups excluding carboxylic acids is 2. The zero-order chi connectivity index (χ0) is 18.0. The van der Waals surface area contributed by atoms with E-state index in [4.69, 9.17) is 4.74 Å². The van der Waals surface area contributed by atoms with Crippen molar-refractivity contribution in [2.75, 3.05) is 7.11 Å². The maximum atomic E-state index is 12.5. The van der Waals surface area contributed by atoms with E-state index < -0.39 is 11.9 Å². The molecule has 130 valence electrons. The third-order valence-electron chi connectivity index (χ3n) is 3.66. The molecule has 3 rings (SSSR count). The number of methoxy groups -OCH3 is 1. The van der Waals surface area contributed by atoms with Crippen molar-refractivity contribution in [1.29, 1.82) is 0 Å². The Hall–Kier alpha value is -2.74. The van der Waals surface area contributed by atoms with Crippen LogP contribution in [0.15, 0.2) is 41.5 Å². The number of para-hydroxylation sites is 1. The van der Waals surface area contributed by atoms with Crippen molar-refractivity contribution in [3.63, 3.8) is 0 Å². The molecule has 0 saturated heterocycles. The molecule has 0 fully saturated rings. The number of thiazole rings is 1. The van der Waals surface area contributed by atoms with Crippen molar-refractivity contribution >= 4 is 33.4 Å². The average Bonchev–Trinajstić information content (AvgIpc) is 3.21. The molecule has 1 amide bonds. The summed E-state index contributed by atoms with van der Waals surface area (Å²) in [4.78, 5) is 28.8. The molecule has 25 heavy (non-hydrogen) atoms. The summed E-state index contributed by atoms with van der Waals surface area (Å²) >= 11 is 1.35. The lowest BCUT2D eigenvalue weighted by molar-refractivity contribution is -0.141. The molecule has 2 heterocycles. The molecule has 0 atom stereocenters. The number of fused-ring (bicyclic) bond motifs is 1. The van der Waals surface area contributed by atoms with Crippen molar-refractivity contribution in [3.8, 4) is 0 Å². The van der Waals surface area contributed by atoms with Gasteiger partial charge in [-0.1, -0.05) is 23.5 Å². The number of esters is 1. The fourth-order valence-electron chi connectivity index (χ4n) is 2.34. The SMILES string of the molecule is COC(=O)Cn1c(=NC(=O)c2ccn(C(C)C)n2)sc2ccccc21. The van der Waals surface area contributed by atoms with Crippen molar-refractivity contribution in [1.82, 2.24) is 14.3 Å². The molecule has 7 nitrogen and oxygen atoms in total. The number of rotatable bonds is 4. The Morgan fingerprint density at radius 2 is 2.04 bits per heavy atom. The molecule has 0 aliphatic rings. The predicted molar refractivity (Wildman–Crippen MR) is 94.3 cm³/mol. The van der Waals surface area contributed by atoms with E-state index in [-0.39, 0.29) is 18.3 Å². The summed E-state index contributed by atoms with van der Waals surface area (Å²) in [6.07, 6.45) is 1.75. The van der Waals surface area contributed by atoms with Crippen LogP contribution in [0.4, 0.5) is 0 Å². The zero-order valence-electron chi connectivity index (χ0n) is 14.2. The molecule has 0 spiro atoms. The number of amides is 1. The van der Waals surface area contributed by atoms with E-state index in [9.17, 15) is 9.59 Å². The van der Waals surface area contributed by atoms with Gasteiger partial charge in [-0.15, -0.1) is 0 Å². The van der Waals surface area contributed by atoms with Gasteiger partial charge in [0.25, 0.3) is 5.91 Å². The summed E-state index contributed by atoms with van der Waals surface area (Å²) in [6, 6.07) is 9.38. The van der Waals surface area contributed by atoms with Crippen molar-refractivity contribution in [3.05, 3.63) is 47.0 Å². The lowest BCUT2D eigenvalue weighted by atomic mass is 10.3. The first kappa shape index (κ1) is 17.1. The van der Waals surface area contributed by atoms with Crippen LogP contribution >= 0.6 is 11.3 Å². The number of benzene rings is 1. The second kappa shape index (κ2) is 7.02. The van der Waals surface area contributed by atoms with Gasteiger partial charge in [-0.25, -0.2) is 0 Å². The molecular formula is C17H18N4O3S. The lowest BCUT2D eigenvalue weighted by Gasteiger charge is -2.03. The van der Waals surface area contributed by atoms with Gasteiger partial charge in [0.2, 0.25) is 0 Å². The van der Waals surface area contributed by atoms with Crippen LogP contribution in [0.5, 0.6) is 0 Å². The highest BCUT2D eigenvalue weighted by Crippen LogP contribution is 2.17. The molecule has 1 aromatic carbocycles. The largest absolute Gasteiger partial charge is 0.468 e. The van der Waals surface area contributed by atoms with Crippen molar-refractivity contribution < 1.29 is 14.3 Å². The molecule has 3 aromatic rings. The number of aromatic nitrogens is 3. The van der Waals surface area contributed by atoms with Gasteiger partial charge in [-0.2, -0.15) is 10.1 Å². The second-order valence-corrected chi connectivity index (χ2v) is 6.72. The molecular weight excluding hydrogens is 340 g/mol. The Bertz CT molecular complexity index is 997. The minimum Gasteiger partial charge on any atom is -0.468 e. The van der Waals surface area contributed by atoms with Crippen LogP contribution in [0.2, 0.25) is 0 Å². The molecule has 8 heteroatoms. The highest BCUT2D eigenvalue weighted by molar-refractivity contribution is 7.16. The summed E-state index contributed by atoms with van der Waals surface area (Å²) in [5.74, 6) is -0.842. The predicted octanol–water partition coefficient (Wildman–Crippen LogP) is 2.39. The maximum absolute atomic E-state index is 12.5. The average molecular weight is 358 g/mol. The third-order valence-corrected chi connectivity index (χ3v) is 4.72. The molecule has 0 N–H and O–H groups in total. The first-order valence-electron chi connectivity index (χ1n) is 7.79. The molecule has 0 aliphatic carbocycles. The van der Waals surface area contributed by atoms with E-state index in [1.165, 1.54) is 18.4 Å². The quantitative estimate of drug-likeness (QED) is 0.671. The number of carbonyl (C=O) groups is 2. The van der Waals surface area contributed by atoms with E-state index >= 15 is 0 Å². The molecule has 0 saturated carbocycles. The van der Waals surface area contributed by atoms with Crippen LogP contribution in [0.1, 0.15) is 30.4 Å². The van der Waals surface area contributed by atoms with Gasteiger partial charge >= 0.3 is 5.97 Å². The normalized spacial score (nSPS) is 12.1. The van der Waals surface area contributed by atoms with Crippen molar-refractivity contribution in [2.24, 2.45) is 4.99 Å². The van der Waals surface area contributed by atoms with Crippen LogP contribution in [0.3, 0.4) is 0 Å². The van der Waals surface area contributed by atoms with E-state index in [1.807, 2.05) is 38.1 Å². The second-order valence-electron chi connectivity index (χ2n) is 5.71. The molecule has 0 bridgehead atoms. The Morgan fingerprint density at radius 1 is 1.28 bits per heavy atom. The highest BCUT2D eigenvalue weighted by atomic mass is 32.1. The lowest BCUT2D eigenvalue weighted by Crippen LogP contribution is -2.22. The van der Waals surface area contributed by atoms with E-state index in [0.717, 1.165) is 10.2 Å². The summed E-state index contributed by atoms with van der Waals surface area (Å²) in [5.41, 5.74) is 1.10.